The Morgan fingerprint density at radius 3 is 2.80 bits per heavy atom. The number of nitrogens with zero attached hydrogens (tertiary/aromatic N) is 4. The van der Waals surface area contributed by atoms with Crippen molar-refractivity contribution in [3.8, 4) is 0 Å². The maximum atomic E-state index is 13.2. The highest BCUT2D eigenvalue weighted by molar-refractivity contribution is 6.09. The lowest BCUT2D eigenvalue weighted by Gasteiger charge is -2.04. The lowest BCUT2D eigenvalue weighted by atomic mass is 10.2. The van der Waals surface area contributed by atoms with Gasteiger partial charge in [0.2, 0.25) is 0 Å². The van der Waals surface area contributed by atoms with E-state index in [9.17, 15) is 14.0 Å². The van der Waals surface area contributed by atoms with Crippen molar-refractivity contribution in [1.29, 1.82) is 0 Å². The first-order valence-electron chi connectivity index (χ1n) is 7.27. The van der Waals surface area contributed by atoms with Gasteiger partial charge >= 0.3 is 5.97 Å². The van der Waals surface area contributed by atoms with Crippen LogP contribution in [0, 0.1) is 5.82 Å². The molecule has 0 fully saturated rings. The standard InChI is InChI=1S/C16H14FN5O3/c1-21-14(13(7-18-21)16(24)25)15(23)20-12-6-19-22(9-12)8-10-3-2-4-11(17)5-10/h2-7,9H,8H2,1H3,(H,20,23)(H,24,25). The SMILES string of the molecule is Cn1ncc(C(=O)O)c1C(=O)Nc1cnn(Cc2cccc(F)c2)c1. The van der Waals surface area contributed by atoms with E-state index in [1.807, 2.05) is 0 Å². The normalized spacial score (nSPS) is 10.6. The molecule has 3 aromatic rings. The number of carbonyl (C=O) groups is 2. The van der Waals surface area contributed by atoms with Crippen LogP contribution in [0.1, 0.15) is 26.4 Å². The lowest BCUT2D eigenvalue weighted by molar-refractivity contribution is 0.0692. The zero-order chi connectivity index (χ0) is 18.0. The Bertz CT molecular complexity index is 947. The van der Waals surface area contributed by atoms with Crippen molar-refractivity contribution in [2.24, 2.45) is 7.05 Å². The molecule has 25 heavy (non-hydrogen) atoms. The minimum absolute atomic E-state index is 0.0645. The fraction of sp³-hybridized carbons (Fsp3) is 0.125. The average molecular weight is 343 g/mol. The summed E-state index contributed by atoms with van der Waals surface area (Å²) in [6, 6.07) is 6.12. The number of carbonyl (C=O) groups excluding carboxylic acids is 1. The van der Waals surface area contributed by atoms with Crippen molar-refractivity contribution in [2.45, 2.75) is 6.54 Å². The summed E-state index contributed by atoms with van der Waals surface area (Å²) in [5.41, 5.74) is 0.859. The van der Waals surface area contributed by atoms with E-state index >= 15 is 0 Å². The molecule has 0 atom stereocenters. The summed E-state index contributed by atoms with van der Waals surface area (Å²) in [5.74, 6) is -2.18. The van der Waals surface area contributed by atoms with Gasteiger partial charge in [-0.05, 0) is 17.7 Å². The molecular weight excluding hydrogens is 329 g/mol. The highest BCUT2D eigenvalue weighted by Crippen LogP contribution is 2.13. The molecule has 3 rings (SSSR count). The number of nitrogens with one attached hydrogen (secondary N) is 1. The van der Waals surface area contributed by atoms with Gasteiger partial charge in [-0.25, -0.2) is 9.18 Å². The maximum Gasteiger partial charge on any atom is 0.339 e. The third kappa shape index (κ3) is 3.55. The van der Waals surface area contributed by atoms with Crippen molar-refractivity contribution in [2.75, 3.05) is 5.32 Å². The fourth-order valence-corrected chi connectivity index (χ4v) is 2.39. The molecule has 0 bridgehead atoms. The summed E-state index contributed by atoms with van der Waals surface area (Å²) in [5, 5.41) is 19.6. The number of rotatable bonds is 5. The smallest absolute Gasteiger partial charge is 0.339 e. The minimum atomic E-state index is -1.24. The Morgan fingerprint density at radius 1 is 1.28 bits per heavy atom. The number of amides is 1. The summed E-state index contributed by atoms with van der Waals surface area (Å²) >= 11 is 0. The molecule has 1 aromatic carbocycles. The van der Waals surface area contributed by atoms with Crippen molar-refractivity contribution >= 4 is 17.6 Å². The van der Waals surface area contributed by atoms with Crippen LogP contribution in [-0.4, -0.2) is 36.5 Å². The van der Waals surface area contributed by atoms with Crippen molar-refractivity contribution in [3.05, 3.63) is 65.5 Å². The predicted octanol–water partition coefficient (Wildman–Crippen LogP) is 1.75. The average Bonchev–Trinajstić information content (AvgIpc) is 3.14. The molecular formula is C16H14FN5O3. The number of anilines is 1. The Balaban J connectivity index is 1.74. The molecule has 0 saturated heterocycles. The van der Waals surface area contributed by atoms with Gasteiger partial charge in [0.1, 0.15) is 17.1 Å². The van der Waals surface area contributed by atoms with Crippen LogP contribution in [0.2, 0.25) is 0 Å². The van der Waals surface area contributed by atoms with E-state index in [0.29, 0.717) is 12.2 Å². The van der Waals surface area contributed by atoms with Crippen LogP contribution in [0.4, 0.5) is 10.1 Å². The molecule has 2 aromatic heterocycles. The van der Waals surface area contributed by atoms with Gasteiger partial charge < -0.3 is 10.4 Å². The van der Waals surface area contributed by atoms with Crippen LogP contribution in [0.15, 0.2) is 42.9 Å². The maximum absolute atomic E-state index is 13.2. The molecule has 0 radical (unpaired) electrons. The van der Waals surface area contributed by atoms with Gasteiger partial charge in [-0.2, -0.15) is 10.2 Å². The van der Waals surface area contributed by atoms with Crippen molar-refractivity contribution in [1.82, 2.24) is 19.6 Å². The topological polar surface area (TPSA) is 102 Å². The molecule has 128 valence electrons. The number of halogens is 1. The van der Waals surface area contributed by atoms with Gasteiger partial charge in [-0.15, -0.1) is 0 Å². The number of carboxylic acid groups (broad SMARTS) is 1. The molecule has 2 N–H and O–H groups in total. The van der Waals surface area contributed by atoms with Crippen molar-refractivity contribution < 1.29 is 19.1 Å². The van der Waals surface area contributed by atoms with Crippen LogP contribution in [0.5, 0.6) is 0 Å². The number of hydrogen-bond donors (Lipinski definition) is 2. The van der Waals surface area contributed by atoms with Gasteiger partial charge in [0.05, 0.1) is 24.6 Å². The Hall–Kier alpha value is -3.49. The zero-order valence-corrected chi connectivity index (χ0v) is 13.2. The van der Waals surface area contributed by atoms with Crippen LogP contribution in [0.3, 0.4) is 0 Å². The second-order valence-corrected chi connectivity index (χ2v) is 5.35. The summed E-state index contributed by atoms with van der Waals surface area (Å²) in [6.07, 6.45) is 4.11. The van der Waals surface area contributed by atoms with E-state index < -0.39 is 11.9 Å². The Morgan fingerprint density at radius 2 is 2.08 bits per heavy atom. The predicted molar refractivity (Wildman–Crippen MR) is 85.8 cm³/mol. The third-order valence-corrected chi connectivity index (χ3v) is 3.51. The van der Waals surface area contributed by atoms with E-state index in [1.165, 1.54) is 34.7 Å². The molecule has 2 heterocycles. The first-order valence-corrected chi connectivity index (χ1v) is 7.27. The number of aromatic carboxylic acids is 1. The quantitative estimate of drug-likeness (QED) is 0.735. The zero-order valence-electron chi connectivity index (χ0n) is 13.2. The summed E-state index contributed by atoms with van der Waals surface area (Å²) < 4.78 is 15.9. The van der Waals surface area contributed by atoms with Crippen LogP contribution in [-0.2, 0) is 13.6 Å². The highest BCUT2D eigenvalue weighted by atomic mass is 19.1. The van der Waals surface area contributed by atoms with Gasteiger partial charge in [-0.3, -0.25) is 14.2 Å². The summed E-state index contributed by atoms with van der Waals surface area (Å²) in [7, 11) is 1.48. The molecule has 9 heteroatoms. The molecule has 0 aliphatic heterocycles. The van der Waals surface area contributed by atoms with Gasteiger partial charge in [0.15, 0.2) is 0 Å². The number of hydrogen-bond acceptors (Lipinski definition) is 4. The first kappa shape index (κ1) is 16.4. The number of aromatic nitrogens is 4. The second-order valence-electron chi connectivity index (χ2n) is 5.35. The molecule has 8 nitrogen and oxygen atoms in total. The third-order valence-electron chi connectivity index (χ3n) is 3.51. The van der Waals surface area contributed by atoms with Crippen LogP contribution in [0.25, 0.3) is 0 Å². The van der Waals surface area contributed by atoms with E-state index in [1.54, 1.807) is 18.3 Å². The first-order chi connectivity index (χ1) is 11.9. The summed E-state index contributed by atoms with van der Waals surface area (Å²) in [6.45, 7) is 0.333. The highest BCUT2D eigenvalue weighted by Gasteiger charge is 2.22. The van der Waals surface area contributed by atoms with E-state index in [4.69, 9.17) is 5.11 Å². The molecule has 1 amide bonds. The van der Waals surface area contributed by atoms with Gasteiger partial charge in [-0.1, -0.05) is 12.1 Å². The van der Waals surface area contributed by atoms with Gasteiger partial charge in [0, 0.05) is 13.2 Å². The number of aryl methyl sites for hydroxylation is 1. The molecule has 0 aliphatic carbocycles. The monoisotopic (exact) mass is 343 g/mol. The van der Waals surface area contributed by atoms with Crippen molar-refractivity contribution in [3.63, 3.8) is 0 Å². The fourth-order valence-electron chi connectivity index (χ4n) is 2.39. The van der Waals surface area contributed by atoms with Crippen LogP contribution < -0.4 is 5.32 Å². The second kappa shape index (κ2) is 6.56. The number of benzene rings is 1. The van der Waals surface area contributed by atoms with Gasteiger partial charge in [0.25, 0.3) is 5.91 Å². The Kier molecular flexibility index (Phi) is 4.29. The molecule has 0 saturated carbocycles. The Labute approximate surface area is 141 Å². The minimum Gasteiger partial charge on any atom is -0.478 e. The molecule has 0 aliphatic rings. The molecule has 0 spiro atoms. The van der Waals surface area contributed by atoms with E-state index in [0.717, 1.165) is 11.8 Å². The number of carboxylic acids is 1. The van der Waals surface area contributed by atoms with Crippen LogP contribution >= 0.6 is 0 Å². The summed E-state index contributed by atoms with van der Waals surface area (Å²) in [4.78, 5) is 23.5. The molecule has 0 unspecified atom stereocenters. The lowest BCUT2D eigenvalue weighted by Crippen LogP contribution is -2.19. The van der Waals surface area contributed by atoms with E-state index in [2.05, 4.69) is 15.5 Å². The van der Waals surface area contributed by atoms with E-state index in [-0.39, 0.29) is 17.1 Å². The largest absolute Gasteiger partial charge is 0.478 e.